The van der Waals surface area contributed by atoms with Crippen molar-refractivity contribution in [2.24, 2.45) is 5.73 Å². The maximum absolute atomic E-state index is 13.9. The van der Waals surface area contributed by atoms with E-state index >= 15 is 0 Å². The van der Waals surface area contributed by atoms with Crippen molar-refractivity contribution in [1.29, 1.82) is 0 Å². The summed E-state index contributed by atoms with van der Waals surface area (Å²) in [4.78, 5) is 15.3. The first kappa shape index (κ1) is 16.7. The van der Waals surface area contributed by atoms with Crippen LogP contribution in [0.1, 0.15) is 0 Å². The van der Waals surface area contributed by atoms with Crippen LogP contribution in [0.5, 0.6) is 0 Å². The number of amides is 1. The van der Waals surface area contributed by atoms with Gasteiger partial charge in [0, 0.05) is 38.4 Å². The van der Waals surface area contributed by atoms with Gasteiger partial charge < -0.3 is 15.5 Å². The molecule has 1 amide bonds. The predicted molar refractivity (Wildman–Crippen MR) is 83.0 cm³/mol. The summed E-state index contributed by atoms with van der Waals surface area (Å²) in [5, 5.41) is 0. The second kappa shape index (κ2) is 7.06. The van der Waals surface area contributed by atoms with Gasteiger partial charge in [-0.25, -0.2) is 12.8 Å². The Hall–Kier alpha value is -1.67. The fraction of sp³-hybridized carbons (Fsp3) is 0.500. The third-order valence-electron chi connectivity index (χ3n) is 3.62. The van der Waals surface area contributed by atoms with E-state index in [0.717, 1.165) is 5.69 Å². The Morgan fingerprint density at radius 1 is 1.18 bits per heavy atom. The van der Waals surface area contributed by atoms with Crippen LogP contribution in [0.4, 0.5) is 10.1 Å². The van der Waals surface area contributed by atoms with Gasteiger partial charge in [0.1, 0.15) is 0 Å². The molecule has 1 unspecified atom stereocenters. The van der Waals surface area contributed by atoms with Crippen LogP contribution in [0.3, 0.4) is 0 Å². The molecule has 0 aliphatic carbocycles. The number of piperazine rings is 1. The molecule has 1 heterocycles. The highest BCUT2D eigenvalue weighted by Crippen LogP contribution is 2.17. The number of hydrogen-bond acceptors (Lipinski definition) is 5. The molecule has 0 bridgehead atoms. The fourth-order valence-electron chi connectivity index (χ4n) is 2.39. The van der Waals surface area contributed by atoms with Crippen molar-refractivity contribution in [3.8, 4) is 0 Å². The Bertz CT molecular complexity index is 601. The Morgan fingerprint density at radius 3 is 2.32 bits per heavy atom. The molecule has 122 valence electrons. The first-order valence-electron chi connectivity index (χ1n) is 7.10. The minimum absolute atomic E-state index is 0.197. The molecule has 0 radical (unpaired) electrons. The Kier molecular flexibility index (Phi) is 5.36. The van der Waals surface area contributed by atoms with Gasteiger partial charge in [0.25, 0.3) is 11.4 Å². The zero-order valence-electron chi connectivity index (χ0n) is 12.2. The minimum Gasteiger partial charge on any atom is -0.368 e. The van der Waals surface area contributed by atoms with E-state index in [1.165, 1.54) is 4.90 Å². The number of rotatable bonds is 5. The predicted octanol–water partition coefficient (Wildman–Crippen LogP) is 0.00430. The number of carbonyl (C=O) groups excluding carboxylic acids is 1. The molecule has 22 heavy (non-hydrogen) atoms. The van der Waals surface area contributed by atoms with Crippen molar-refractivity contribution in [2.75, 3.05) is 43.4 Å². The van der Waals surface area contributed by atoms with E-state index in [0.29, 0.717) is 26.2 Å². The molecule has 2 N–H and O–H groups in total. The maximum Gasteiger partial charge on any atom is 0.278 e. The quantitative estimate of drug-likeness (QED) is 0.822. The largest absolute Gasteiger partial charge is 0.368 e. The number of nitrogens with zero attached hydrogens (tertiary/aromatic N) is 2. The minimum atomic E-state index is -4.12. The number of nitrogens with two attached hydrogens (primary N) is 1. The van der Waals surface area contributed by atoms with Crippen LogP contribution in [-0.4, -0.2) is 63.2 Å². The van der Waals surface area contributed by atoms with Gasteiger partial charge in [-0.2, -0.15) is 0 Å². The summed E-state index contributed by atoms with van der Waals surface area (Å²) in [6.45, 7) is 1.48. The summed E-state index contributed by atoms with van der Waals surface area (Å²) < 4.78 is 37.1. The third-order valence-corrected chi connectivity index (χ3v) is 5.26. The summed E-state index contributed by atoms with van der Waals surface area (Å²) in [6.07, 6.45) is 0. The zero-order chi connectivity index (χ0) is 16.2. The Labute approximate surface area is 129 Å². The molecule has 0 saturated carbocycles. The van der Waals surface area contributed by atoms with E-state index < -0.39 is 27.0 Å². The molecule has 0 aromatic heterocycles. The number of para-hydroxylation sites is 1. The van der Waals surface area contributed by atoms with E-state index in [1.54, 1.807) is 0 Å². The maximum atomic E-state index is 13.9. The van der Waals surface area contributed by atoms with Gasteiger partial charge in [0.05, 0.1) is 5.75 Å². The number of halogens is 1. The molecular weight excluding hydrogens is 309 g/mol. The molecule has 1 fully saturated rings. The van der Waals surface area contributed by atoms with Crippen LogP contribution >= 0.6 is 0 Å². The molecule has 1 saturated heterocycles. The van der Waals surface area contributed by atoms with Crippen LogP contribution in [-0.2, 0) is 14.6 Å². The van der Waals surface area contributed by atoms with Gasteiger partial charge >= 0.3 is 0 Å². The molecule has 1 atom stereocenters. The SMILES string of the molecule is NCCS(=O)(=O)C(F)C(=O)N1CCN(c2ccccc2)CC1. The highest BCUT2D eigenvalue weighted by molar-refractivity contribution is 7.92. The average Bonchev–Trinajstić information content (AvgIpc) is 2.54. The Morgan fingerprint density at radius 2 is 1.77 bits per heavy atom. The van der Waals surface area contributed by atoms with Crippen LogP contribution in [0.25, 0.3) is 0 Å². The lowest BCUT2D eigenvalue weighted by atomic mass is 10.2. The Balaban J connectivity index is 1.95. The van der Waals surface area contributed by atoms with Crippen molar-refractivity contribution < 1.29 is 17.6 Å². The van der Waals surface area contributed by atoms with E-state index in [1.807, 2.05) is 30.3 Å². The van der Waals surface area contributed by atoms with Gasteiger partial charge in [0.15, 0.2) is 9.84 Å². The number of hydrogen-bond donors (Lipinski definition) is 1. The summed E-state index contributed by atoms with van der Waals surface area (Å²) >= 11 is 0. The van der Waals surface area contributed by atoms with Crippen LogP contribution < -0.4 is 10.6 Å². The van der Waals surface area contributed by atoms with E-state index in [-0.39, 0.29) is 6.54 Å². The van der Waals surface area contributed by atoms with Crippen molar-refractivity contribution in [3.05, 3.63) is 30.3 Å². The number of alkyl halides is 1. The highest BCUT2D eigenvalue weighted by Gasteiger charge is 2.36. The molecular formula is C14H20FN3O3S. The summed E-state index contributed by atoms with van der Waals surface area (Å²) in [6, 6.07) is 9.68. The second-order valence-corrected chi connectivity index (χ2v) is 7.27. The van der Waals surface area contributed by atoms with Gasteiger partial charge in [0.2, 0.25) is 0 Å². The van der Waals surface area contributed by atoms with Gasteiger partial charge in [-0.3, -0.25) is 4.79 Å². The highest BCUT2D eigenvalue weighted by atomic mass is 32.2. The molecule has 8 heteroatoms. The van der Waals surface area contributed by atoms with Crippen molar-refractivity contribution in [1.82, 2.24) is 4.90 Å². The van der Waals surface area contributed by atoms with E-state index in [2.05, 4.69) is 4.90 Å². The zero-order valence-corrected chi connectivity index (χ0v) is 13.0. The van der Waals surface area contributed by atoms with Gasteiger partial charge in [-0.15, -0.1) is 0 Å². The van der Waals surface area contributed by atoms with Crippen molar-refractivity contribution in [3.63, 3.8) is 0 Å². The van der Waals surface area contributed by atoms with Gasteiger partial charge in [-0.05, 0) is 12.1 Å². The van der Waals surface area contributed by atoms with Crippen molar-refractivity contribution in [2.45, 2.75) is 5.50 Å². The summed E-state index contributed by atoms with van der Waals surface area (Å²) in [5.41, 5.74) is 3.65. The van der Waals surface area contributed by atoms with Crippen LogP contribution in [0, 0.1) is 0 Å². The topological polar surface area (TPSA) is 83.7 Å². The van der Waals surface area contributed by atoms with Crippen LogP contribution in [0.2, 0.25) is 0 Å². The molecule has 1 aliphatic rings. The van der Waals surface area contributed by atoms with Gasteiger partial charge in [-0.1, -0.05) is 18.2 Å². The monoisotopic (exact) mass is 329 g/mol. The lowest BCUT2D eigenvalue weighted by Gasteiger charge is -2.36. The first-order chi connectivity index (χ1) is 10.5. The molecule has 1 aromatic carbocycles. The van der Waals surface area contributed by atoms with Crippen molar-refractivity contribution >= 4 is 21.4 Å². The standard InChI is InChI=1S/C14H20FN3O3S/c15-13(22(20,21)11-6-16)14(19)18-9-7-17(8-10-18)12-4-2-1-3-5-12/h1-5,13H,6-11,16H2. The third kappa shape index (κ3) is 3.75. The number of benzene rings is 1. The number of carbonyl (C=O) groups is 1. The molecule has 1 aromatic rings. The fourth-order valence-corrected chi connectivity index (χ4v) is 3.38. The number of sulfone groups is 1. The lowest BCUT2D eigenvalue weighted by molar-refractivity contribution is -0.133. The summed E-state index contributed by atoms with van der Waals surface area (Å²) in [5.74, 6) is -1.51. The van der Waals surface area contributed by atoms with E-state index in [9.17, 15) is 17.6 Å². The summed E-state index contributed by atoms with van der Waals surface area (Å²) in [7, 11) is -4.12. The smallest absolute Gasteiger partial charge is 0.278 e. The van der Waals surface area contributed by atoms with E-state index in [4.69, 9.17) is 5.73 Å². The molecule has 6 nitrogen and oxygen atoms in total. The second-order valence-electron chi connectivity index (χ2n) is 5.12. The molecule has 2 rings (SSSR count). The normalized spacial score (nSPS) is 17.4. The average molecular weight is 329 g/mol. The molecule has 1 aliphatic heterocycles. The number of anilines is 1. The lowest BCUT2D eigenvalue weighted by Crippen LogP contribution is -2.52. The molecule has 0 spiro atoms. The first-order valence-corrected chi connectivity index (χ1v) is 8.82. The van der Waals surface area contributed by atoms with Crippen LogP contribution in [0.15, 0.2) is 30.3 Å².